The zero-order valence-electron chi connectivity index (χ0n) is 23.8. The van der Waals surface area contributed by atoms with E-state index in [2.05, 4.69) is 32.8 Å². The summed E-state index contributed by atoms with van der Waals surface area (Å²) < 4.78 is 31.4. The number of ether oxygens (including phenoxy) is 1. The molecular formula is C28H37BClN5O4S. The van der Waals surface area contributed by atoms with Gasteiger partial charge in [0.2, 0.25) is 11.7 Å². The monoisotopic (exact) mass is 585 g/mol. The molecular weight excluding hydrogens is 549 g/mol. The van der Waals surface area contributed by atoms with Crippen molar-refractivity contribution in [1.29, 1.82) is 0 Å². The first-order valence-electron chi connectivity index (χ1n) is 13.3. The van der Waals surface area contributed by atoms with Gasteiger partial charge in [0.15, 0.2) is 15.7 Å². The number of nitrogens with zero attached hydrogens (tertiary/aromatic N) is 2. The Morgan fingerprint density at radius 2 is 1.77 bits per heavy atom. The van der Waals surface area contributed by atoms with Gasteiger partial charge in [0.05, 0.1) is 22.5 Å². The summed E-state index contributed by atoms with van der Waals surface area (Å²) in [6.07, 6.45) is 3.49. The fourth-order valence-corrected chi connectivity index (χ4v) is 6.09. The molecule has 12 heteroatoms. The summed E-state index contributed by atoms with van der Waals surface area (Å²) in [4.78, 5) is 9.02. The van der Waals surface area contributed by atoms with E-state index in [1.165, 1.54) is 11.8 Å². The number of benzene rings is 2. The minimum Gasteiger partial charge on any atom is -0.461 e. The van der Waals surface area contributed by atoms with Gasteiger partial charge in [-0.3, -0.25) is 0 Å². The van der Waals surface area contributed by atoms with Crippen molar-refractivity contribution in [3.63, 3.8) is 0 Å². The van der Waals surface area contributed by atoms with E-state index in [-0.39, 0.29) is 21.7 Å². The fraction of sp³-hybridized carbons (Fsp3) is 0.429. The van der Waals surface area contributed by atoms with E-state index < -0.39 is 20.3 Å². The van der Waals surface area contributed by atoms with Crippen LogP contribution in [0.4, 0.5) is 23.1 Å². The molecule has 0 saturated carbocycles. The van der Waals surface area contributed by atoms with Gasteiger partial charge in [-0.25, -0.2) is 13.4 Å². The predicted molar refractivity (Wildman–Crippen MR) is 163 cm³/mol. The van der Waals surface area contributed by atoms with E-state index in [9.17, 15) is 13.5 Å². The average molecular weight is 586 g/mol. The van der Waals surface area contributed by atoms with Crippen LogP contribution in [0.1, 0.15) is 57.6 Å². The van der Waals surface area contributed by atoms with Crippen LogP contribution in [-0.4, -0.2) is 54.9 Å². The van der Waals surface area contributed by atoms with Gasteiger partial charge in [-0.15, -0.1) is 0 Å². The van der Waals surface area contributed by atoms with Crippen LogP contribution in [0.25, 0.3) is 0 Å². The van der Waals surface area contributed by atoms with Crippen LogP contribution >= 0.6 is 11.6 Å². The van der Waals surface area contributed by atoms with Crippen LogP contribution in [0, 0.1) is 6.92 Å². The summed E-state index contributed by atoms with van der Waals surface area (Å²) in [7, 11) is -1.99. The molecule has 3 aromatic rings. The zero-order valence-corrected chi connectivity index (χ0v) is 25.4. The van der Waals surface area contributed by atoms with Gasteiger partial charge in [-0.05, 0) is 74.2 Å². The topological polar surface area (TPSA) is 125 Å². The van der Waals surface area contributed by atoms with Gasteiger partial charge in [-0.2, -0.15) is 4.98 Å². The highest BCUT2D eigenvalue weighted by Crippen LogP contribution is 2.38. The number of hydrogen-bond donors (Lipinski definition) is 4. The Morgan fingerprint density at radius 3 is 2.42 bits per heavy atom. The number of aliphatic hydroxyl groups is 1. The van der Waals surface area contributed by atoms with Crippen molar-refractivity contribution in [2.75, 3.05) is 23.7 Å². The molecule has 1 aliphatic rings. The van der Waals surface area contributed by atoms with Crippen LogP contribution in [0.15, 0.2) is 47.5 Å². The molecule has 214 valence electrons. The lowest BCUT2D eigenvalue weighted by Crippen LogP contribution is -2.32. The lowest BCUT2D eigenvalue weighted by Gasteiger charge is -2.28. The molecule has 0 spiro atoms. The normalized spacial score (nSPS) is 15.1. The second kappa shape index (κ2) is 11.6. The van der Waals surface area contributed by atoms with E-state index in [1.54, 1.807) is 59.8 Å². The molecule has 9 nitrogen and oxygen atoms in total. The Bertz CT molecular complexity index is 1480. The molecule has 1 aliphatic heterocycles. The number of aryl methyl sites for hydroxylation is 1. The number of nitrogens with one attached hydrogen (secondary N) is 3. The molecule has 1 saturated heterocycles. The molecule has 2 heterocycles. The molecule has 40 heavy (non-hydrogen) atoms. The van der Waals surface area contributed by atoms with Gasteiger partial charge < -0.3 is 25.8 Å². The maximum Gasteiger partial charge on any atom is 0.229 e. The van der Waals surface area contributed by atoms with Crippen molar-refractivity contribution in [2.45, 2.75) is 68.7 Å². The second-order valence-electron chi connectivity index (χ2n) is 11.5. The number of rotatable bonds is 9. The highest BCUT2D eigenvalue weighted by atomic mass is 35.5. The van der Waals surface area contributed by atoms with Crippen molar-refractivity contribution in [3.8, 4) is 5.75 Å². The van der Waals surface area contributed by atoms with Gasteiger partial charge >= 0.3 is 0 Å². The maximum absolute atomic E-state index is 13.2. The number of hydrogen-bond acceptors (Lipinski definition) is 9. The molecule has 4 N–H and O–H groups in total. The number of sulfone groups is 1. The van der Waals surface area contributed by atoms with Crippen molar-refractivity contribution < 1.29 is 18.3 Å². The summed E-state index contributed by atoms with van der Waals surface area (Å²) in [5.74, 6) is -0.0819. The second-order valence-corrected chi connectivity index (χ2v) is 14.6. The molecule has 2 aromatic carbocycles. The van der Waals surface area contributed by atoms with E-state index in [0.29, 0.717) is 23.0 Å². The standard InChI is InChI=1S/C28H37BClN5O4S/c1-17-14-22(23(39-28(4,5)36)15-19(17)18-10-12-31-13-11-18)34-26-32-16-20(30)25(35-26)33-21-8-6-7-9-24(21)40(37,38)27(2,3)29/h6-9,14-16,18,31,36H,10-13,29H2,1-5H3,(H2,32,33,34,35). The van der Waals surface area contributed by atoms with Crippen molar-refractivity contribution in [1.82, 2.24) is 15.3 Å². The summed E-state index contributed by atoms with van der Waals surface area (Å²) >= 11 is 6.43. The number of aromatic nitrogens is 2. The Morgan fingerprint density at radius 1 is 1.10 bits per heavy atom. The van der Waals surface area contributed by atoms with E-state index in [0.717, 1.165) is 31.5 Å². The lowest BCUT2D eigenvalue weighted by atomic mass is 9.87. The third-order valence-electron chi connectivity index (χ3n) is 6.73. The quantitative estimate of drug-likeness (QED) is 0.210. The van der Waals surface area contributed by atoms with E-state index in [1.807, 2.05) is 12.1 Å². The van der Waals surface area contributed by atoms with Crippen molar-refractivity contribution in [3.05, 3.63) is 58.7 Å². The minimum atomic E-state index is -3.65. The molecule has 1 aromatic heterocycles. The first kappa shape index (κ1) is 30.1. The first-order chi connectivity index (χ1) is 18.7. The first-order valence-corrected chi connectivity index (χ1v) is 15.2. The molecule has 0 unspecified atom stereocenters. The molecule has 0 atom stereocenters. The van der Waals surface area contributed by atoms with Crippen LogP contribution in [0.2, 0.25) is 5.02 Å². The van der Waals surface area contributed by atoms with Crippen molar-refractivity contribution >= 4 is 52.4 Å². The molecule has 4 rings (SSSR count). The van der Waals surface area contributed by atoms with Crippen molar-refractivity contribution in [2.24, 2.45) is 0 Å². The summed E-state index contributed by atoms with van der Waals surface area (Å²) in [6, 6.07) is 10.6. The number of piperidine rings is 1. The SMILES string of the molecule is BC(C)(C)S(=O)(=O)c1ccccc1Nc1nc(Nc2cc(C)c(C3CCNCC3)cc2OC(C)(C)O)ncc1Cl. The van der Waals surface area contributed by atoms with Crippen LogP contribution in [0.3, 0.4) is 0 Å². The molecule has 0 amide bonds. The van der Waals surface area contributed by atoms with Gasteiger partial charge in [0, 0.05) is 18.5 Å². The highest BCUT2D eigenvalue weighted by Gasteiger charge is 2.33. The van der Waals surface area contributed by atoms with Crippen LogP contribution < -0.4 is 20.7 Å². The smallest absolute Gasteiger partial charge is 0.229 e. The van der Waals surface area contributed by atoms with E-state index in [4.69, 9.17) is 16.3 Å². The summed E-state index contributed by atoms with van der Waals surface area (Å²) in [5, 5.41) is 20.4. The largest absolute Gasteiger partial charge is 0.461 e. The molecule has 1 fully saturated rings. The Hall–Kier alpha value is -2.86. The molecule has 0 bridgehead atoms. The molecule has 0 aliphatic carbocycles. The van der Waals surface area contributed by atoms with Crippen LogP contribution in [-0.2, 0) is 9.84 Å². The Labute approximate surface area is 242 Å². The summed E-state index contributed by atoms with van der Waals surface area (Å²) in [6.45, 7) is 10.4. The zero-order chi connectivity index (χ0) is 29.3. The fourth-order valence-electron chi connectivity index (χ4n) is 4.62. The Balaban J connectivity index is 1.69. The Kier molecular flexibility index (Phi) is 8.70. The third kappa shape index (κ3) is 6.88. The van der Waals surface area contributed by atoms with E-state index >= 15 is 0 Å². The van der Waals surface area contributed by atoms with Gasteiger partial charge in [0.25, 0.3) is 0 Å². The lowest BCUT2D eigenvalue weighted by molar-refractivity contribution is -0.104. The number of para-hydroxylation sites is 1. The third-order valence-corrected chi connectivity index (χ3v) is 9.56. The minimum absolute atomic E-state index is 0.150. The highest BCUT2D eigenvalue weighted by molar-refractivity contribution is 7.94. The van der Waals surface area contributed by atoms with Crippen LogP contribution in [0.5, 0.6) is 5.75 Å². The predicted octanol–water partition coefficient (Wildman–Crippen LogP) is 4.64. The maximum atomic E-state index is 13.2. The summed E-state index contributed by atoms with van der Waals surface area (Å²) in [5.41, 5.74) is 3.21. The number of halogens is 1. The average Bonchev–Trinajstić information content (AvgIpc) is 2.87. The van der Waals surface area contributed by atoms with Gasteiger partial charge in [0.1, 0.15) is 18.6 Å². The molecule has 0 radical (unpaired) electrons. The number of anilines is 4. The van der Waals surface area contributed by atoms with Gasteiger partial charge in [-0.1, -0.05) is 37.6 Å².